The predicted octanol–water partition coefficient (Wildman–Crippen LogP) is 5.75. The Bertz CT molecular complexity index is 1110. The first-order valence-corrected chi connectivity index (χ1v) is 10.1. The first-order valence-electron chi connectivity index (χ1n) is 9.33. The molecule has 0 spiro atoms. The number of amides is 1. The van der Waals surface area contributed by atoms with Gasteiger partial charge in [-0.15, -0.1) is 0 Å². The molecule has 0 unspecified atom stereocenters. The van der Waals surface area contributed by atoms with E-state index in [1.807, 2.05) is 0 Å². The Morgan fingerprint density at radius 3 is 2.35 bits per heavy atom. The second kappa shape index (κ2) is 9.54. The number of hydrogen-bond donors (Lipinski definition) is 2. The van der Waals surface area contributed by atoms with Crippen LogP contribution in [-0.2, 0) is 11.2 Å². The average Bonchev–Trinajstić information content (AvgIpc) is 2.71. The molecule has 162 valence electrons. The van der Waals surface area contributed by atoms with Crippen LogP contribution in [0.15, 0.2) is 48.5 Å². The quantitative estimate of drug-likeness (QED) is 0.487. The van der Waals surface area contributed by atoms with Crippen molar-refractivity contribution < 1.29 is 23.4 Å². The fraction of sp³-hybridized carbons (Fsp3) is 0.174. The van der Waals surface area contributed by atoms with Gasteiger partial charge in [-0.3, -0.25) is 4.79 Å². The normalized spacial score (nSPS) is 11.8. The molecule has 0 radical (unpaired) electrons. The third-order valence-corrected chi connectivity index (χ3v) is 5.38. The van der Waals surface area contributed by atoms with Crippen molar-refractivity contribution in [2.24, 2.45) is 0 Å². The fourth-order valence-corrected chi connectivity index (χ4v) is 3.70. The van der Waals surface area contributed by atoms with Crippen LogP contribution in [0.25, 0.3) is 11.1 Å². The molecular weight excluding hydrogens is 447 g/mol. The number of phenols is 1. The molecule has 1 atom stereocenters. The van der Waals surface area contributed by atoms with Crippen molar-refractivity contribution >= 4 is 29.1 Å². The highest BCUT2D eigenvalue weighted by Crippen LogP contribution is 2.36. The lowest BCUT2D eigenvalue weighted by molar-refractivity contribution is -0.126. The first kappa shape index (κ1) is 22.8. The number of likely N-dealkylation sites (N-methyl/N-ethyl adjacent to an activating group) is 1. The number of nitrogens with one attached hydrogen (secondary N) is 1. The zero-order chi connectivity index (χ0) is 22.7. The van der Waals surface area contributed by atoms with Crippen molar-refractivity contribution in [1.29, 1.82) is 0 Å². The van der Waals surface area contributed by atoms with Gasteiger partial charge in [-0.25, -0.2) is 8.78 Å². The van der Waals surface area contributed by atoms with Crippen LogP contribution < -0.4 is 10.1 Å². The maximum absolute atomic E-state index is 14.2. The maximum Gasteiger partial charge on any atom is 0.260 e. The van der Waals surface area contributed by atoms with Gasteiger partial charge in [0.2, 0.25) is 0 Å². The molecular formula is C23H19Cl2F2NO3. The molecule has 3 aromatic carbocycles. The monoisotopic (exact) mass is 465 g/mol. The van der Waals surface area contributed by atoms with Crippen LogP contribution in [0.1, 0.15) is 18.1 Å². The Balaban J connectivity index is 1.90. The lowest BCUT2D eigenvalue weighted by atomic mass is 9.97. The van der Waals surface area contributed by atoms with E-state index in [4.69, 9.17) is 27.9 Å². The van der Waals surface area contributed by atoms with E-state index in [0.717, 1.165) is 12.1 Å². The van der Waals surface area contributed by atoms with Gasteiger partial charge in [-0.2, -0.15) is 0 Å². The minimum atomic E-state index is -0.782. The van der Waals surface area contributed by atoms with Gasteiger partial charge in [0.05, 0.1) is 0 Å². The summed E-state index contributed by atoms with van der Waals surface area (Å²) >= 11 is 12.8. The molecule has 4 nitrogen and oxygen atoms in total. The Morgan fingerprint density at radius 1 is 1.06 bits per heavy atom. The third kappa shape index (κ3) is 5.27. The lowest BCUT2D eigenvalue weighted by Gasteiger charge is -2.16. The Hall–Kier alpha value is -2.83. The summed E-state index contributed by atoms with van der Waals surface area (Å²) in [5.74, 6) is -1.58. The van der Waals surface area contributed by atoms with Crippen LogP contribution in [-0.4, -0.2) is 24.2 Å². The molecule has 3 rings (SSSR count). The van der Waals surface area contributed by atoms with Crippen molar-refractivity contribution in [2.75, 3.05) is 7.05 Å². The van der Waals surface area contributed by atoms with Gasteiger partial charge in [-0.05, 0) is 54.4 Å². The molecule has 8 heteroatoms. The SMILES string of the molecule is CNC(=O)[C@H](C)Oc1cc(Cl)c(Cc2ccc(O)c(-c3ccc(F)cc3F)c2)c(Cl)c1. The predicted molar refractivity (Wildman–Crippen MR) is 117 cm³/mol. The molecule has 0 saturated carbocycles. The van der Waals surface area contributed by atoms with Crippen molar-refractivity contribution in [1.82, 2.24) is 5.32 Å². The van der Waals surface area contributed by atoms with Gasteiger partial charge < -0.3 is 15.2 Å². The smallest absolute Gasteiger partial charge is 0.260 e. The Labute approximate surface area is 188 Å². The van der Waals surface area contributed by atoms with Crippen molar-refractivity contribution in [2.45, 2.75) is 19.4 Å². The number of hydrogen-bond acceptors (Lipinski definition) is 3. The standard InChI is InChI=1S/C23H19Cl2F2NO3/c1-12(23(30)28-2)31-15-10-19(24)18(20(25)11-15)8-13-3-6-22(29)17(7-13)16-5-4-14(26)9-21(16)27/h3-7,9-12,29H,8H2,1-2H3,(H,28,30)/t12-/m0/s1. The summed E-state index contributed by atoms with van der Waals surface area (Å²) < 4.78 is 33.0. The van der Waals surface area contributed by atoms with Crippen molar-refractivity contribution in [3.63, 3.8) is 0 Å². The van der Waals surface area contributed by atoms with E-state index in [0.29, 0.717) is 33.3 Å². The van der Waals surface area contributed by atoms with E-state index < -0.39 is 17.7 Å². The molecule has 3 aromatic rings. The summed E-state index contributed by atoms with van der Waals surface area (Å²) in [5, 5.41) is 13.3. The van der Waals surface area contributed by atoms with E-state index in [1.54, 1.807) is 31.2 Å². The van der Waals surface area contributed by atoms with Crippen molar-refractivity contribution in [3.05, 3.63) is 81.3 Å². The van der Waals surface area contributed by atoms with Gasteiger partial charge in [0.25, 0.3) is 5.91 Å². The highest BCUT2D eigenvalue weighted by atomic mass is 35.5. The van der Waals surface area contributed by atoms with Crippen LogP contribution in [0.2, 0.25) is 10.0 Å². The van der Waals surface area contributed by atoms with Crippen LogP contribution in [0, 0.1) is 11.6 Å². The topological polar surface area (TPSA) is 58.6 Å². The van der Waals surface area contributed by atoms with Gasteiger partial charge in [0.1, 0.15) is 23.1 Å². The summed E-state index contributed by atoms with van der Waals surface area (Å²) in [6.45, 7) is 1.60. The number of rotatable bonds is 6. The molecule has 0 aliphatic carbocycles. The molecule has 1 amide bonds. The molecule has 0 fully saturated rings. The minimum Gasteiger partial charge on any atom is -0.507 e. The molecule has 0 heterocycles. The third-order valence-electron chi connectivity index (χ3n) is 4.71. The van der Waals surface area contributed by atoms with E-state index >= 15 is 0 Å². The highest BCUT2D eigenvalue weighted by Gasteiger charge is 2.17. The van der Waals surface area contributed by atoms with Crippen molar-refractivity contribution in [3.8, 4) is 22.6 Å². The number of carbonyl (C=O) groups excluding carboxylic acids is 1. The number of halogens is 4. The molecule has 0 aliphatic heterocycles. The maximum atomic E-state index is 14.2. The molecule has 31 heavy (non-hydrogen) atoms. The Kier molecular flexibility index (Phi) is 7.03. The zero-order valence-corrected chi connectivity index (χ0v) is 18.2. The zero-order valence-electron chi connectivity index (χ0n) is 16.7. The van der Waals surface area contributed by atoms with Gasteiger partial charge in [0, 0.05) is 40.7 Å². The summed E-state index contributed by atoms with van der Waals surface area (Å²) in [6, 6.07) is 10.9. The second-order valence-corrected chi connectivity index (χ2v) is 7.71. The summed E-state index contributed by atoms with van der Waals surface area (Å²) in [5.41, 5.74) is 1.60. The van der Waals surface area contributed by atoms with E-state index in [2.05, 4.69) is 5.32 Å². The number of benzene rings is 3. The second-order valence-electron chi connectivity index (χ2n) is 6.89. The first-order chi connectivity index (χ1) is 14.7. The molecule has 2 N–H and O–H groups in total. The minimum absolute atomic E-state index is 0.0740. The summed E-state index contributed by atoms with van der Waals surface area (Å²) in [6.07, 6.45) is -0.438. The number of phenolic OH excluding ortho intramolecular Hbond substituents is 1. The number of carbonyl (C=O) groups is 1. The van der Waals surface area contributed by atoms with E-state index in [1.165, 1.54) is 19.2 Å². The van der Waals surface area contributed by atoms with E-state index in [9.17, 15) is 18.7 Å². The molecule has 0 aromatic heterocycles. The molecule has 0 saturated heterocycles. The van der Waals surface area contributed by atoms with Crippen LogP contribution >= 0.6 is 23.2 Å². The largest absolute Gasteiger partial charge is 0.507 e. The lowest BCUT2D eigenvalue weighted by Crippen LogP contribution is -2.33. The van der Waals surface area contributed by atoms with E-state index in [-0.39, 0.29) is 22.8 Å². The molecule has 0 bridgehead atoms. The van der Waals surface area contributed by atoms with Gasteiger partial charge in [0.15, 0.2) is 6.10 Å². The summed E-state index contributed by atoms with van der Waals surface area (Å²) in [4.78, 5) is 11.6. The summed E-state index contributed by atoms with van der Waals surface area (Å²) in [7, 11) is 1.51. The molecule has 0 aliphatic rings. The van der Waals surface area contributed by atoms with Crippen LogP contribution in [0.5, 0.6) is 11.5 Å². The van der Waals surface area contributed by atoms with Gasteiger partial charge >= 0.3 is 0 Å². The highest BCUT2D eigenvalue weighted by molar-refractivity contribution is 6.36. The average molecular weight is 466 g/mol. The van der Waals surface area contributed by atoms with Crippen LogP contribution in [0.3, 0.4) is 0 Å². The number of aromatic hydroxyl groups is 1. The Morgan fingerprint density at radius 2 is 1.74 bits per heavy atom. The number of ether oxygens (including phenoxy) is 1. The van der Waals surface area contributed by atoms with Gasteiger partial charge in [-0.1, -0.05) is 29.3 Å². The fourth-order valence-electron chi connectivity index (χ4n) is 3.10. The van der Waals surface area contributed by atoms with Crippen LogP contribution in [0.4, 0.5) is 8.78 Å².